The van der Waals surface area contributed by atoms with Crippen LogP contribution < -0.4 is 11.1 Å². The van der Waals surface area contributed by atoms with Crippen LogP contribution in [0.15, 0.2) is 112 Å². The summed E-state index contributed by atoms with van der Waals surface area (Å²) in [6.45, 7) is 11.5. The predicted octanol–water partition coefficient (Wildman–Crippen LogP) is 11.7. The number of halogens is 3. The lowest BCUT2D eigenvalue weighted by Gasteiger charge is -2.30. The zero-order valence-corrected chi connectivity index (χ0v) is 42.1. The summed E-state index contributed by atoms with van der Waals surface area (Å²) < 4.78 is 70.7. The number of H-pyrrole nitrogens is 2. The van der Waals surface area contributed by atoms with Crippen molar-refractivity contribution in [3.05, 3.63) is 149 Å². The zero-order valence-electron chi connectivity index (χ0n) is 43.1. The molecule has 8 rings (SSSR count). The minimum atomic E-state index is -1.00. The molecule has 0 fully saturated rings. The molecule has 3 atom stereocenters. The fraction of sp³-hybridized carbons (Fsp3) is 0.321. The highest BCUT2D eigenvalue weighted by molar-refractivity contribution is 6.02. The van der Waals surface area contributed by atoms with E-state index < -0.39 is 60.2 Å². The Balaban J connectivity index is 0.000000309. The van der Waals surface area contributed by atoms with Crippen LogP contribution in [0.5, 0.6) is 5.75 Å². The first-order valence-electron chi connectivity index (χ1n) is 23.9. The monoisotopic (exact) mass is 1040 g/mol. The minimum absolute atomic E-state index is 0. The summed E-state index contributed by atoms with van der Waals surface area (Å²) in [7, 11) is 1.47. The van der Waals surface area contributed by atoms with Gasteiger partial charge in [0.25, 0.3) is 0 Å². The number of carbonyl (C=O) groups excluding carboxylic acids is 4. The molecule has 0 aliphatic heterocycles. The number of ether oxygens (including phenoxy) is 3. The molecule has 0 unspecified atom stereocenters. The fourth-order valence-electron chi connectivity index (χ4n) is 7.78. The maximum Gasteiger partial charge on any atom is 0.360 e. The normalized spacial score (nSPS) is 12.7. The molecule has 4 aromatic heterocycles. The van der Waals surface area contributed by atoms with E-state index in [1.165, 1.54) is 50.6 Å². The van der Waals surface area contributed by atoms with Gasteiger partial charge in [-0.25, -0.2) is 28.3 Å². The Morgan fingerprint density at radius 2 is 1.24 bits per heavy atom. The average molecular weight is 1040 g/mol. The Labute approximate surface area is 433 Å². The van der Waals surface area contributed by atoms with E-state index in [0.29, 0.717) is 32.9 Å². The Morgan fingerprint density at radius 1 is 0.747 bits per heavy atom. The van der Waals surface area contributed by atoms with Gasteiger partial charge >= 0.3 is 17.9 Å². The number of aromatic hydroxyl groups is 1. The van der Waals surface area contributed by atoms with Gasteiger partial charge in [0, 0.05) is 45.3 Å². The molecule has 0 spiro atoms. The third kappa shape index (κ3) is 13.9. The van der Waals surface area contributed by atoms with Gasteiger partial charge in [-0.2, -0.15) is 0 Å². The number of nitrogens with one attached hydrogen (secondary N) is 3. The number of alkyl halides is 1. The van der Waals surface area contributed by atoms with Gasteiger partial charge < -0.3 is 49.2 Å². The van der Waals surface area contributed by atoms with E-state index in [0.717, 1.165) is 11.1 Å². The van der Waals surface area contributed by atoms with Crippen LogP contribution in [0.25, 0.3) is 44.5 Å². The average Bonchev–Trinajstić information content (AvgIpc) is 4.20. The number of phenolic OH excluding ortho intramolecular Hbond substituents is 1. The van der Waals surface area contributed by atoms with E-state index >= 15 is 0 Å². The predicted molar refractivity (Wildman–Crippen MR) is 277 cm³/mol. The van der Waals surface area contributed by atoms with Crippen LogP contribution in [0.2, 0.25) is 0 Å². The molecule has 0 radical (unpaired) electrons. The lowest BCUT2D eigenvalue weighted by Crippen LogP contribution is -2.41. The lowest BCUT2D eigenvalue weighted by atomic mass is 9.85. The SMILES string of the molecule is C.COC(=O)c1nc([C@@H](N)C(C)(C)C)oc1-c1c[nH]c2ccc(F)cc12.COC(=O)c1nc([C@@H](NC(=O)[C@@H](CC(=O)OCc2ccccc2)Cc2ccc(O)cc2)C(C)(C)C)oc1-c1c[nH]c2ccc(F)cc12.[2H]CF. The Bertz CT molecular complexity index is 3250. The van der Waals surface area contributed by atoms with E-state index in [2.05, 4.69) is 25.3 Å². The fourth-order valence-corrected chi connectivity index (χ4v) is 7.78. The van der Waals surface area contributed by atoms with Crippen molar-refractivity contribution in [2.24, 2.45) is 22.5 Å². The molecular formula is C56H63F3N6O10. The van der Waals surface area contributed by atoms with Crippen LogP contribution in [-0.4, -0.2) is 70.2 Å². The summed E-state index contributed by atoms with van der Waals surface area (Å²) in [5, 5.41) is 13.8. The maximum absolute atomic E-state index is 14.2. The van der Waals surface area contributed by atoms with E-state index in [4.69, 9.17) is 30.1 Å². The van der Waals surface area contributed by atoms with Crippen LogP contribution in [0.3, 0.4) is 0 Å². The van der Waals surface area contributed by atoms with Crippen LogP contribution in [-0.2, 0) is 36.8 Å². The third-order valence-electron chi connectivity index (χ3n) is 11.9. The largest absolute Gasteiger partial charge is 0.508 e. The highest BCUT2D eigenvalue weighted by atomic mass is 19.1. The number of aromatic nitrogens is 4. The molecule has 398 valence electrons. The standard InChI is InChI=1S/C36H36FN3O7.C18H20FN3O3.CH3F.CH4/c1-36(2,3)32(34-39-30(35(44)45-4)31(47-34)27-19-38-28-15-12-24(37)18-26(27)28)40-33(43)23(16-21-10-13-25(41)14-11-21)17-29(42)46-20-22-8-6-5-7-9-22;1-18(2,3)15(20)16-22-13(17(23)24-4)14(25-16)11-8-21-12-6-5-9(19)7-10(11)12;1-2;/h5-15,18-19,23,32,38,41H,16-17,20H2,1-4H3,(H,40,43);5-8,15,21H,20H2,1-4H3;1H3;1H4/t23-,32-;15-;;/m11../s1/i;;1D;. The number of oxazole rings is 2. The first-order valence-corrected chi connectivity index (χ1v) is 23.2. The number of nitrogens with two attached hydrogens (primary N) is 1. The van der Waals surface area contributed by atoms with Crippen LogP contribution in [0.1, 0.15) is 113 Å². The van der Waals surface area contributed by atoms with Crippen molar-refractivity contribution < 1.29 is 61.9 Å². The molecule has 0 aliphatic carbocycles. The molecule has 19 heteroatoms. The van der Waals surface area contributed by atoms with Crippen molar-refractivity contribution in [3.63, 3.8) is 0 Å². The molecule has 75 heavy (non-hydrogen) atoms. The minimum Gasteiger partial charge on any atom is -0.508 e. The second-order valence-electron chi connectivity index (χ2n) is 19.3. The summed E-state index contributed by atoms with van der Waals surface area (Å²) in [6, 6.07) is 22.7. The number of fused-ring (bicyclic) bond motifs is 2. The van der Waals surface area contributed by atoms with Crippen molar-refractivity contribution in [1.29, 1.82) is 0 Å². The summed E-state index contributed by atoms with van der Waals surface area (Å²) in [6.07, 6.45) is 3.18. The number of carbonyl (C=O) groups is 4. The molecule has 4 heterocycles. The summed E-state index contributed by atoms with van der Waals surface area (Å²) in [4.78, 5) is 66.8. The number of nitrogens with zero attached hydrogens (tertiary/aromatic N) is 2. The number of methoxy groups -OCH3 is 2. The molecule has 0 saturated carbocycles. The number of hydrogen-bond acceptors (Lipinski definition) is 13. The van der Waals surface area contributed by atoms with Crippen molar-refractivity contribution in [2.75, 3.05) is 21.4 Å². The highest BCUT2D eigenvalue weighted by Crippen LogP contribution is 2.40. The smallest absolute Gasteiger partial charge is 0.360 e. The second-order valence-corrected chi connectivity index (χ2v) is 19.3. The van der Waals surface area contributed by atoms with Crippen molar-refractivity contribution in [3.8, 4) is 28.4 Å². The molecule has 0 saturated heterocycles. The van der Waals surface area contributed by atoms with E-state index in [1.54, 1.807) is 36.7 Å². The van der Waals surface area contributed by atoms with Gasteiger partial charge in [0.1, 0.15) is 30.0 Å². The summed E-state index contributed by atoms with van der Waals surface area (Å²) in [5.41, 5.74) is 8.87. The van der Waals surface area contributed by atoms with Gasteiger partial charge in [-0.1, -0.05) is 91.4 Å². The van der Waals surface area contributed by atoms with Gasteiger partial charge in [-0.05, 0) is 76.9 Å². The molecule has 6 N–H and O–H groups in total. The van der Waals surface area contributed by atoms with Crippen LogP contribution >= 0.6 is 0 Å². The Kier molecular flexibility index (Phi) is 18.5. The lowest BCUT2D eigenvalue weighted by molar-refractivity contribution is -0.148. The molecule has 8 aromatic rings. The molecule has 1 amide bonds. The number of hydrogen-bond donors (Lipinski definition) is 5. The van der Waals surface area contributed by atoms with Gasteiger partial charge in [0.05, 0.1) is 41.1 Å². The Hall–Kier alpha value is -8.19. The topological polar surface area (TPSA) is 238 Å². The number of phenols is 1. The molecular weight excluding hydrogens is 974 g/mol. The first-order chi connectivity index (χ1) is 35.6. The number of aromatic amines is 2. The van der Waals surface area contributed by atoms with Gasteiger partial charge in [0.15, 0.2) is 22.9 Å². The number of esters is 3. The summed E-state index contributed by atoms with van der Waals surface area (Å²) >= 11 is 0. The van der Waals surface area contributed by atoms with Gasteiger partial charge in [0.2, 0.25) is 17.7 Å². The first kappa shape index (κ1) is 56.1. The van der Waals surface area contributed by atoms with Crippen LogP contribution in [0, 0.1) is 28.4 Å². The highest BCUT2D eigenvalue weighted by Gasteiger charge is 2.38. The molecule has 0 aliphatic rings. The van der Waals surface area contributed by atoms with E-state index in [9.17, 15) is 37.5 Å². The third-order valence-corrected chi connectivity index (χ3v) is 11.9. The Morgan fingerprint density at radius 3 is 1.72 bits per heavy atom. The quantitative estimate of drug-likeness (QED) is 0.0504. The zero-order chi connectivity index (χ0) is 54.8. The van der Waals surface area contributed by atoms with E-state index in [-0.39, 0.29) is 78.5 Å². The molecule has 4 aromatic carbocycles. The van der Waals surface area contributed by atoms with E-state index in [1.807, 2.05) is 71.9 Å². The van der Waals surface area contributed by atoms with Gasteiger partial charge in [-0.15, -0.1) is 0 Å². The van der Waals surface area contributed by atoms with Crippen LogP contribution in [0.4, 0.5) is 13.2 Å². The number of rotatable bonds is 14. The number of amides is 1. The second kappa shape index (κ2) is 24.7. The van der Waals surface area contributed by atoms with Crippen molar-refractivity contribution in [2.45, 2.75) is 80.5 Å². The van der Waals surface area contributed by atoms with Gasteiger partial charge in [-0.3, -0.25) is 14.0 Å². The molecule has 0 bridgehead atoms. The summed E-state index contributed by atoms with van der Waals surface area (Å²) in [5.74, 6) is -3.57. The maximum atomic E-state index is 14.2. The van der Waals surface area contributed by atoms with Crippen molar-refractivity contribution >= 4 is 45.6 Å². The van der Waals surface area contributed by atoms with Crippen molar-refractivity contribution in [1.82, 2.24) is 25.3 Å². The molecule has 16 nitrogen and oxygen atoms in total. The number of benzene rings is 4.